The van der Waals surface area contributed by atoms with E-state index in [-0.39, 0.29) is 4.90 Å². The van der Waals surface area contributed by atoms with Gasteiger partial charge in [-0.2, -0.15) is 4.31 Å². The monoisotopic (exact) mass is 299 g/mol. The quantitative estimate of drug-likeness (QED) is 0.922. The van der Waals surface area contributed by atoms with E-state index in [9.17, 15) is 13.2 Å². The molecular weight excluding hydrogens is 278 g/mol. The number of carbonyl (C=O) groups is 1. The van der Waals surface area contributed by atoms with Crippen LogP contribution in [0.1, 0.15) is 27.8 Å². The summed E-state index contributed by atoms with van der Waals surface area (Å²) >= 11 is 0. The van der Waals surface area contributed by atoms with Crippen molar-refractivity contribution in [3.8, 4) is 0 Å². The van der Waals surface area contributed by atoms with Gasteiger partial charge in [-0.05, 0) is 62.4 Å². The molecule has 1 aromatic carbocycles. The van der Waals surface area contributed by atoms with Gasteiger partial charge in [0, 0.05) is 7.05 Å². The third-order valence-corrected chi connectivity index (χ3v) is 6.04. The molecule has 0 spiro atoms. The first-order chi connectivity index (χ1) is 9.01. The number of likely N-dealkylation sites (N-methyl/N-ethyl adjacent to an activating group) is 1. The summed E-state index contributed by atoms with van der Waals surface area (Å²) in [4.78, 5) is 11.0. The van der Waals surface area contributed by atoms with Gasteiger partial charge in [-0.25, -0.2) is 8.42 Å². The number of rotatable bonds is 4. The first-order valence-electron chi connectivity index (χ1n) is 6.26. The lowest BCUT2D eigenvalue weighted by atomic mass is 9.95. The van der Waals surface area contributed by atoms with E-state index in [1.807, 2.05) is 20.8 Å². The number of aliphatic carboxylic acids is 1. The zero-order valence-corrected chi connectivity index (χ0v) is 13.6. The lowest BCUT2D eigenvalue weighted by Crippen LogP contribution is -2.33. The minimum atomic E-state index is -3.80. The summed E-state index contributed by atoms with van der Waals surface area (Å²) in [5.41, 5.74) is 4.29. The molecule has 0 bridgehead atoms. The molecular formula is C14H21NO4S. The average Bonchev–Trinajstić information content (AvgIpc) is 2.33. The summed E-state index contributed by atoms with van der Waals surface area (Å²) in [5, 5.41) is 8.78. The molecule has 0 unspecified atom stereocenters. The molecule has 0 aliphatic heterocycles. The van der Waals surface area contributed by atoms with Crippen LogP contribution in [0.4, 0.5) is 0 Å². The lowest BCUT2D eigenvalue weighted by Gasteiger charge is -2.22. The highest BCUT2D eigenvalue weighted by molar-refractivity contribution is 7.89. The fraction of sp³-hybridized carbons (Fsp3) is 0.500. The van der Waals surface area contributed by atoms with E-state index in [1.165, 1.54) is 7.05 Å². The largest absolute Gasteiger partial charge is 0.480 e. The second-order valence-electron chi connectivity index (χ2n) is 5.11. The maximum absolute atomic E-state index is 12.6. The second kappa shape index (κ2) is 5.54. The van der Waals surface area contributed by atoms with Gasteiger partial charge >= 0.3 is 5.97 Å². The third-order valence-electron chi connectivity index (χ3n) is 3.96. The van der Waals surface area contributed by atoms with Gasteiger partial charge in [-0.1, -0.05) is 0 Å². The predicted octanol–water partition coefficient (Wildman–Crippen LogP) is 1.93. The standard InChI is InChI=1S/C14H21NO4S/c1-8-9(2)11(4)14(12(5)10(8)3)20(18,19)15(6)7-13(16)17/h7H2,1-6H3,(H,16,17). The molecule has 1 aromatic rings. The third kappa shape index (κ3) is 2.71. The van der Waals surface area contributed by atoms with E-state index in [0.717, 1.165) is 21.0 Å². The molecule has 0 aromatic heterocycles. The Kier molecular flexibility index (Phi) is 4.61. The van der Waals surface area contributed by atoms with Crippen LogP contribution in [-0.2, 0) is 14.8 Å². The minimum Gasteiger partial charge on any atom is -0.480 e. The van der Waals surface area contributed by atoms with Crippen LogP contribution in [0, 0.1) is 34.6 Å². The Balaban J connectivity index is 3.59. The van der Waals surface area contributed by atoms with Crippen LogP contribution in [0.2, 0.25) is 0 Å². The summed E-state index contributed by atoms with van der Waals surface area (Å²) in [6.45, 7) is 8.70. The van der Waals surface area contributed by atoms with Crippen molar-refractivity contribution in [1.29, 1.82) is 0 Å². The van der Waals surface area contributed by atoms with Crippen molar-refractivity contribution >= 4 is 16.0 Å². The van der Waals surface area contributed by atoms with E-state index in [4.69, 9.17) is 5.11 Å². The van der Waals surface area contributed by atoms with Gasteiger partial charge in [0.25, 0.3) is 0 Å². The second-order valence-corrected chi connectivity index (χ2v) is 7.09. The van der Waals surface area contributed by atoms with Gasteiger partial charge in [0.15, 0.2) is 0 Å². The summed E-state index contributed by atoms with van der Waals surface area (Å²) in [7, 11) is -2.52. The molecule has 0 radical (unpaired) electrons. The fourth-order valence-corrected chi connectivity index (χ4v) is 3.96. The van der Waals surface area contributed by atoms with Crippen molar-refractivity contribution in [2.45, 2.75) is 39.5 Å². The highest BCUT2D eigenvalue weighted by Crippen LogP contribution is 2.30. The molecule has 1 rings (SSSR count). The van der Waals surface area contributed by atoms with Crippen LogP contribution >= 0.6 is 0 Å². The zero-order valence-electron chi connectivity index (χ0n) is 12.7. The highest BCUT2D eigenvalue weighted by atomic mass is 32.2. The van der Waals surface area contributed by atoms with Crippen molar-refractivity contribution in [3.05, 3.63) is 27.8 Å². The Morgan fingerprint density at radius 1 is 0.950 bits per heavy atom. The van der Waals surface area contributed by atoms with Crippen LogP contribution in [0.3, 0.4) is 0 Å². The Morgan fingerprint density at radius 3 is 1.65 bits per heavy atom. The Bertz CT molecular complexity index is 633. The highest BCUT2D eigenvalue weighted by Gasteiger charge is 2.28. The molecule has 0 aliphatic carbocycles. The molecule has 20 heavy (non-hydrogen) atoms. The van der Waals surface area contributed by atoms with E-state index >= 15 is 0 Å². The van der Waals surface area contributed by atoms with Gasteiger partial charge in [0.1, 0.15) is 6.54 Å². The van der Waals surface area contributed by atoms with Crippen molar-refractivity contribution in [2.75, 3.05) is 13.6 Å². The lowest BCUT2D eigenvalue weighted by molar-refractivity contribution is -0.137. The molecule has 1 N–H and O–H groups in total. The molecule has 0 heterocycles. The normalized spacial score (nSPS) is 11.9. The Labute approximate surface area is 120 Å². The maximum Gasteiger partial charge on any atom is 0.318 e. The van der Waals surface area contributed by atoms with Crippen molar-refractivity contribution < 1.29 is 18.3 Å². The van der Waals surface area contributed by atoms with Gasteiger partial charge in [0.05, 0.1) is 4.90 Å². The summed E-state index contributed by atoms with van der Waals surface area (Å²) in [5.74, 6) is -1.17. The molecule has 0 amide bonds. The number of carboxylic acids is 1. The molecule has 0 saturated carbocycles. The van der Waals surface area contributed by atoms with Crippen LogP contribution < -0.4 is 0 Å². The first-order valence-corrected chi connectivity index (χ1v) is 7.70. The number of nitrogens with zero attached hydrogens (tertiary/aromatic N) is 1. The van der Waals surface area contributed by atoms with E-state index < -0.39 is 22.5 Å². The molecule has 112 valence electrons. The Morgan fingerprint density at radius 2 is 1.30 bits per heavy atom. The average molecular weight is 299 g/mol. The van der Waals surface area contributed by atoms with Crippen molar-refractivity contribution in [3.63, 3.8) is 0 Å². The predicted molar refractivity (Wildman–Crippen MR) is 77.6 cm³/mol. The number of hydrogen-bond acceptors (Lipinski definition) is 3. The first kappa shape index (κ1) is 16.7. The van der Waals surface area contributed by atoms with Crippen molar-refractivity contribution in [1.82, 2.24) is 4.31 Å². The minimum absolute atomic E-state index is 0.224. The van der Waals surface area contributed by atoms with Crippen LogP contribution in [0.5, 0.6) is 0 Å². The van der Waals surface area contributed by atoms with E-state index in [1.54, 1.807) is 13.8 Å². The maximum atomic E-state index is 12.6. The summed E-state index contributed by atoms with van der Waals surface area (Å²) in [6, 6.07) is 0. The molecule has 0 aliphatic rings. The number of carboxylic acid groups (broad SMARTS) is 1. The van der Waals surface area contributed by atoms with Gasteiger partial charge in [-0.3, -0.25) is 4.79 Å². The summed E-state index contributed by atoms with van der Waals surface area (Å²) in [6.07, 6.45) is 0. The molecule has 0 atom stereocenters. The van der Waals surface area contributed by atoms with E-state index in [2.05, 4.69) is 0 Å². The van der Waals surface area contributed by atoms with Crippen molar-refractivity contribution in [2.24, 2.45) is 0 Å². The number of benzene rings is 1. The number of hydrogen-bond donors (Lipinski definition) is 1. The van der Waals surface area contributed by atoms with Gasteiger partial charge < -0.3 is 5.11 Å². The van der Waals surface area contributed by atoms with Gasteiger partial charge in [-0.15, -0.1) is 0 Å². The molecule has 0 saturated heterocycles. The molecule has 6 heteroatoms. The van der Waals surface area contributed by atoms with Crippen LogP contribution in [0.15, 0.2) is 4.90 Å². The fourth-order valence-electron chi connectivity index (χ4n) is 2.28. The molecule has 5 nitrogen and oxygen atoms in total. The topological polar surface area (TPSA) is 74.7 Å². The molecule has 0 fully saturated rings. The summed E-state index contributed by atoms with van der Waals surface area (Å²) < 4.78 is 26.0. The van der Waals surface area contributed by atoms with E-state index in [0.29, 0.717) is 11.1 Å². The number of sulfonamides is 1. The Hall–Kier alpha value is -1.40. The SMILES string of the molecule is Cc1c(C)c(C)c(S(=O)(=O)N(C)CC(=O)O)c(C)c1C. The van der Waals surface area contributed by atoms with Gasteiger partial charge in [0.2, 0.25) is 10.0 Å². The smallest absolute Gasteiger partial charge is 0.318 e. The van der Waals surface area contributed by atoms with Crippen LogP contribution in [0.25, 0.3) is 0 Å². The van der Waals surface area contributed by atoms with Crippen LogP contribution in [-0.4, -0.2) is 37.4 Å². The zero-order chi connectivity index (χ0) is 15.8.